The predicted molar refractivity (Wildman–Crippen MR) is 153 cm³/mol. The molecule has 5 rings (SSSR count). The van der Waals surface area contributed by atoms with Crippen LogP contribution in [0.5, 0.6) is 0 Å². The number of nitrogens with zero attached hydrogens (tertiary/aromatic N) is 5. The molecule has 0 bridgehead atoms. The molecule has 1 saturated heterocycles. The summed E-state index contributed by atoms with van der Waals surface area (Å²) in [6.07, 6.45) is 9.86. The number of amides is 1. The van der Waals surface area contributed by atoms with E-state index in [1.807, 2.05) is 87.3 Å². The molecule has 9 heteroatoms. The van der Waals surface area contributed by atoms with Gasteiger partial charge in [-0.25, -0.2) is 4.57 Å². The first-order valence-electron chi connectivity index (χ1n) is 12.1. The lowest BCUT2D eigenvalue weighted by molar-refractivity contribution is -0.658. The molecule has 0 radical (unpaired) electrons. The van der Waals surface area contributed by atoms with Crippen LogP contribution in [0.15, 0.2) is 76.3 Å². The molecular formula is C28H28N5O2S2+. The molecule has 0 atom stereocenters. The summed E-state index contributed by atoms with van der Waals surface area (Å²) in [6, 6.07) is 14.0. The number of rotatable bonds is 4. The van der Waals surface area contributed by atoms with Crippen LogP contribution in [0.3, 0.4) is 0 Å². The van der Waals surface area contributed by atoms with Crippen molar-refractivity contribution in [2.45, 2.75) is 20.4 Å². The Kier molecular flexibility index (Phi) is 6.99. The third kappa shape index (κ3) is 4.60. The van der Waals surface area contributed by atoms with Crippen LogP contribution in [0.4, 0.5) is 11.5 Å². The minimum absolute atomic E-state index is 0.0917. The number of aromatic nitrogens is 2. The highest BCUT2D eigenvalue weighted by molar-refractivity contribution is 8.23. The van der Waals surface area contributed by atoms with Crippen LogP contribution < -0.4 is 24.2 Å². The summed E-state index contributed by atoms with van der Waals surface area (Å²) in [6.45, 7) is 4.83. The SMILES string of the molecule is CCN1C(=O)/C(=c2/s/c(=C\C=C3\C=Cc4ccccc4N3C)c(=O)n2CC)S/C1=N\c1cccc[n+]1C. The van der Waals surface area contributed by atoms with Gasteiger partial charge in [0.1, 0.15) is 9.57 Å². The van der Waals surface area contributed by atoms with E-state index in [2.05, 4.69) is 23.1 Å². The van der Waals surface area contributed by atoms with Gasteiger partial charge in [0.2, 0.25) is 0 Å². The van der Waals surface area contributed by atoms with Gasteiger partial charge in [0.05, 0.1) is 17.8 Å². The lowest BCUT2D eigenvalue weighted by Gasteiger charge is -2.25. The molecule has 0 saturated carbocycles. The monoisotopic (exact) mass is 530 g/mol. The zero-order chi connectivity index (χ0) is 26.1. The minimum atomic E-state index is -0.121. The number of likely N-dealkylation sites (N-methyl/N-ethyl adjacent to an activating group) is 1. The van der Waals surface area contributed by atoms with Gasteiger partial charge in [-0.2, -0.15) is 0 Å². The first-order chi connectivity index (χ1) is 17.9. The topological polar surface area (TPSA) is 61.8 Å². The predicted octanol–water partition coefficient (Wildman–Crippen LogP) is 2.97. The second-order valence-electron chi connectivity index (χ2n) is 8.57. The van der Waals surface area contributed by atoms with E-state index >= 15 is 0 Å². The number of aryl methyl sites for hydroxylation is 1. The number of amidine groups is 1. The Hall–Kier alpha value is -3.69. The van der Waals surface area contributed by atoms with E-state index in [9.17, 15) is 9.59 Å². The average Bonchev–Trinajstić information content (AvgIpc) is 3.39. The van der Waals surface area contributed by atoms with Gasteiger partial charge in [0, 0.05) is 37.6 Å². The molecule has 188 valence electrons. The third-order valence-corrected chi connectivity index (χ3v) is 8.70. The molecule has 0 unspecified atom stereocenters. The van der Waals surface area contributed by atoms with Crippen LogP contribution >= 0.6 is 23.1 Å². The van der Waals surface area contributed by atoms with E-state index in [1.54, 1.807) is 9.47 Å². The number of benzene rings is 1. The third-order valence-electron chi connectivity index (χ3n) is 6.36. The second-order valence-corrected chi connectivity index (χ2v) is 10.6. The van der Waals surface area contributed by atoms with Crippen LogP contribution in [0.1, 0.15) is 19.4 Å². The summed E-state index contributed by atoms with van der Waals surface area (Å²) in [5.74, 6) is 0.633. The molecule has 1 fully saturated rings. The average molecular weight is 531 g/mol. The lowest BCUT2D eigenvalue weighted by atomic mass is 10.1. The highest BCUT2D eigenvalue weighted by Gasteiger charge is 2.38. The molecule has 0 aliphatic carbocycles. The maximum Gasteiger partial charge on any atom is 0.326 e. The number of para-hydroxylation sites is 1. The van der Waals surface area contributed by atoms with Gasteiger partial charge in [-0.05, 0) is 66.5 Å². The number of fused-ring (bicyclic) bond motifs is 1. The van der Waals surface area contributed by atoms with E-state index in [0.717, 1.165) is 22.8 Å². The maximum atomic E-state index is 13.4. The molecule has 4 heterocycles. The summed E-state index contributed by atoms with van der Waals surface area (Å²) < 4.78 is 4.86. The Morgan fingerprint density at radius 1 is 1.00 bits per heavy atom. The summed E-state index contributed by atoms with van der Waals surface area (Å²) in [5.41, 5.74) is 3.16. The van der Waals surface area contributed by atoms with Crippen molar-refractivity contribution in [2.24, 2.45) is 12.0 Å². The van der Waals surface area contributed by atoms with E-state index < -0.39 is 0 Å². The normalized spacial score (nSPS) is 19.5. The number of hydrogen-bond donors (Lipinski definition) is 0. The zero-order valence-electron chi connectivity index (χ0n) is 21.2. The number of hydrogen-bond acceptors (Lipinski definition) is 6. The molecule has 0 N–H and O–H groups in total. The lowest BCUT2D eigenvalue weighted by Crippen LogP contribution is -2.33. The summed E-state index contributed by atoms with van der Waals surface area (Å²) in [4.78, 5) is 35.8. The Balaban J connectivity index is 1.59. The van der Waals surface area contributed by atoms with Crippen molar-refractivity contribution in [3.8, 4) is 0 Å². The van der Waals surface area contributed by atoms with Gasteiger partial charge < -0.3 is 4.90 Å². The molecule has 7 nitrogen and oxygen atoms in total. The van der Waals surface area contributed by atoms with Gasteiger partial charge in [-0.15, -0.1) is 11.3 Å². The van der Waals surface area contributed by atoms with Crippen molar-refractivity contribution in [1.82, 2.24) is 9.47 Å². The number of thiazole rings is 1. The zero-order valence-corrected chi connectivity index (χ0v) is 22.8. The van der Waals surface area contributed by atoms with E-state index in [1.165, 1.54) is 23.1 Å². The smallest absolute Gasteiger partial charge is 0.326 e. The van der Waals surface area contributed by atoms with E-state index in [0.29, 0.717) is 32.4 Å². The molecule has 3 aromatic rings. The summed E-state index contributed by atoms with van der Waals surface area (Å²) in [5, 5.41) is 0.619. The summed E-state index contributed by atoms with van der Waals surface area (Å²) >= 11 is 2.68. The number of anilines is 1. The fourth-order valence-corrected chi connectivity index (χ4v) is 6.64. The van der Waals surface area contributed by atoms with Crippen LogP contribution in [0.25, 0.3) is 17.1 Å². The highest BCUT2D eigenvalue weighted by atomic mass is 32.2. The second kappa shape index (κ2) is 10.4. The first-order valence-corrected chi connectivity index (χ1v) is 13.8. The molecular weight excluding hydrogens is 502 g/mol. The van der Waals surface area contributed by atoms with Crippen molar-refractivity contribution in [3.63, 3.8) is 0 Å². The molecule has 1 aromatic carbocycles. The quantitative estimate of drug-likeness (QED) is 0.487. The van der Waals surface area contributed by atoms with Crippen LogP contribution in [-0.2, 0) is 18.4 Å². The van der Waals surface area contributed by atoms with Gasteiger partial charge in [0.25, 0.3) is 16.6 Å². The van der Waals surface area contributed by atoms with Crippen LogP contribution in [0.2, 0.25) is 0 Å². The molecule has 2 aliphatic rings. The van der Waals surface area contributed by atoms with Crippen molar-refractivity contribution in [1.29, 1.82) is 0 Å². The van der Waals surface area contributed by atoms with Gasteiger partial charge >= 0.3 is 5.82 Å². The summed E-state index contributed by atoms with van der Waals surface area (Å²) in [7, 11) is 3.94. The Morgan fingerprint density at radius 2 is 1.78 bits per heavy atom. The number of pyridine rings is 1. The van der Waals surface area contributed by atoms with Crippen LogP contribution in [-0.4, -0.2) is 34.1 Å². The minimum Gasteiger partial charge on any atom is -0.344 e. The molecule has 1 amide bonds. The highest BCUT2D eigenvalue weighted by Crippen LogP contribution is 2.32. The largest absolute Gasteiger partial charge is 0.344 e. The number of carbonyl (C=O) groups is 1. The molecule has 2 aromatic heterocycles. The van der Waals surface area contributed by atoms with Crippen LogP contribution in [0, 0.1) is 0 Å². The van der Waals surface area contributed by atoms with Crippen molar-refractivity contribution in [2.75, 3.05) is 18.5 Å². The molecule has 37 heavy (non-hydrogen) atoms. The number of carbonyl (C=O) groups excluding carboxylic acids is 1. The van der Waals surface area contributed by atoms with Crippen molar-refractivity contribution in [3.05, 3.63) is 91.6 Å². The Morgan fingerprint density at radius 3 is 2.54 bits per heavy atom. The Labute approximate surface area is 223 Å². The fraction of sp³-hybridized carbons (Fsp3) is 0.214. The number of thioether (sulfide) groups is 1. The first kappa shape index (κ1) is 25.0. The molecule has 2 aliphatic heterocycles. The van der Waals surface area contributed by atoms with E-state index in [-0.39, 0.29) is 11.5 Å². The Bertz CT molecular complexity index is 1660. The fourth-order valence-electron chi connectivity index (χ4n) is 4.30. The van der Waals surface area contributed by atoms with Gasteiger partial charge in [0.15, 0.2) is 0 Å². The van der Waals surface area contributed by atoms with Gasteiger partial charge in [-0.3, -0.25) is 19.1 Å². The van der Waals surface area contributed by atoms with Crippen molar-refractivity contribution < 1.29 is 9.36 Å². The standard InChI is InChI=1S/C28H28N5O2S2/c1-5-32-25(34)22(17-16-20-15-14-19-11-7-8-12-21(19)31(20)4)36-27(32)24-26(35)33(6-2)28(37-24)29-23-13-9-10-18-30(23)3/h7-18H,5-6H2,1-4H3/q+1/b20-16-,22-17-,27-24-. The van der Waals surface area contributed by atoms with Gasteiger partial charge in [-0.1, -0.05) is 30.3 Å². The van der Waals surface area contributed by atoms with E-state index in [4.69, 9.17) is 4.99 Å². The maximum absolute atomic E-state index is 13.4. The number of allylic oxidation sites excluding steroid dienone is 2. The van der Waals surface area contributed by atoms with Crippen molar-refractivity contribution >= 4 is 62.7 Å². The number of aliphatic imine (C=N–C) groups is 1. The molecule has 0 spiro atoms.